The average Bonchev–Trinajstić information content (AvgIpc) is 3.42. The number of nitrogens with zero attached hydrogens (tertiary/aromatic N) is 4. The number of imidazole rings is 1. The Morgan fingerprint density at radius 2 is 1.88 bits per heavy atom. The van der Waals surface area contributed by atoms with Crippen LogP contribution in [0.2, 0.25) is 0 Å². The van der Waals surface area contributed by atoms with Crippen LogP contribution >= 0.6 is 0 Å². The molecule has 2 aliphatic rings. The molecule has 6 heteroatoms. The van der Waals surface area contributed by atoms with Crippen molar-refractivity contribution in [1.82, 2.24) is 19.4 Å². The van der Waals surface area contributed by atoms with E-state index in [1.165, 1.54) is 30.5 Å². The van der Waals surface area contributed by atoms with E-state index in [1.54, 1.807) is 0 Å². The minimum Gasteiger partial charge on any atom is -0.385 e. The third kappa shape index (κ3) is 6.01. The Hall–Kier alpha value is -2.34. The number of fused-ring (bicyclic) bond motifs is 3. The zero-order valence-electron chi connectivity index (χ0n) is 21.5. The molecule has 0 radical (unpaired) electrons. The van der Waals surface area contributed by atoms with Crippen molar-refractivity contribution in [2.45, 2.75) is 90.9 Å². The van der Waals surface area contributed by atoms with Crippen molar-refractivity contribution < 1.29 is 4.79 Å². The number of amides is 1. The Morgan fingerprint density at radius 1 is 1.09 bits per heavy atom. The molecular formula is C28H43N5O. The van der Waals surface area contributed by atoms with Gasteiger partial charge in [0.2, 0.25) is 5.91 Å². The molecule has 0 unspecified atom stereocenters. The zero-order chi connectivity index (χ0) is 24.1. The largest absolute Gasteiger partial charge is 0.385 e. The van der Waals surface area contributed by atoms with Crippen LogP contribution in [-0.2, 0) is 17.9 Å². The van der Waals surface area contributed by atoms with E-state index in [-0.39, 0.29) is 5.91 Å². The number of benzene rings is 1. The van der Waals surface area contributed by atoms with Gasteiger partial charge in [0, 0.05) is 68.7 Å². The number of hydrogen-bond acceptors (Lipinski definition) is 4. The van der Waals surface area contributed by atoms with Crippen LogP contribution in [-0.4, -0.2) is 57.0 Å². The van der Waals surface area contributed by atoms with Gasteiger partial charge in [-0.05, 0) is 49.8 Å². The molecule has 1 fully saturated rings. The monoisotopic (exact) mass is 465 g/mol. The fraction of sp³-hybridized carbons (Fsp3) is 0.643. The average molecular weight is 466 g/mol. The van der Waals surface area contributed by atoms with Crippen LogP contribution in [0.4, 0.5) is 5.69 Å². The number of para-hydroxylation sites is 1. The fourth-order valence-corrected chi connectivity index (χ4v) is 5.60. The number of carbonyl (C=O) groups excluding carboxylic acids is 1. The number of aromatic nitrogens is 2. The molecule has 2 aliphatic heterocycles. The highest BCUT2D eigenvalue weighted by molar-refractivity contribution is 5.76. The van der Waals surface area contributed by atoms with E-state index in [0.29, 0.717) is 43.4 Å². The topological polar surface area (TPSA) is 53.4 Å². The van der Waals surface area contributed by atoms with Gasteiger partial charge in [-0.1, -0.05) is 45.9 Å². The van der Waals surface area contributed by atoms with Crippen molar-refractivity contribution in [2.75, 3.05) is 25.0 Å². The van der Waals surface area contributed by atoms with Crippen molar-refractivity contribution in [1.29, 1.82) is 0 Å². The Kier molecular flexibility index (Phi) is 8.30. The van der Waals surface area contributed by atoms with Gasteiger partial charge in [0.25, 0.3) is 0 Å². The van der Waals surface area contributed by atoms with E-state index >= 15 is 0 Å². The Labute approximate surface area is 205 Å². The number of aryl methyl sites for hydroxylation is 1. The molecule has 1 N–H and O–H groups in total. The van der Waals surface area contributed by atoms with Crippen molar-refractivity contribution >= 4 is 11.6 Å². The molecule has 3 heterocycles. The molecule has 2 atom stereocenters. The molecule has 0 aliphatic carbocycles. The first-order valence-corrected chi connectivity index (χ1v) is 13.3. The van der Waals surface area contributed by atoms with E-state index in [0.717, 1.165) is 31.9 Å². The molecule has 0 spiro atoms. The minimum absolute atomic E-state index is 0.240. The van der Waals surface area contributed by atoms with Crippen molar-refractivity contribution in [3.63, 3.8) is 0 Å². The summed E-state index contributed by atoms with van der Waals surface area (Å²) in [6.45, 7) is 13.2. The molecule has 1 amide bonds. The maximum Gasteiger partial charge on any atom is 0.224 e. The molecule has 4 rings (SSSR count). The summed E-state index contributed by atoms with van der Waals surface area (Å²) in [4.78, 5) is 23.0. The number of nitrogens with one attached hydrogen (secondary N) is 1. The molecule has 0 saturated carbocycles. The second kappa shape index (κ2) is 11.4. The Bertz CT molecular complexity index is 936. The Morgan fingerprint density at radius 3 is 2.68 bits per heavy atom. The van der Waals surface area contributed by atoms with Crippen LogP contribution in [0.15, 0.2) is 36.7 Å². The molecule has 1 saturated heterocycles. The molecular weight excluding hydrogens is 422 g/mol. The van der Waals surface area contributed by atoms with E-state index < -0.39 is 0 Å². The highest BCUT2D eigenvalue weighted by Gasteiger charge is 2.35. The molecule has 1 aromatic heterocycles. The second-order valence-electron chi connectivity index (χ2n) is 10.8. The van der Waals surface area contributed by atoms with Gasteiger partial charge in [-0.3, -0.25) is 9.69 Å². The van der Waals surface area contributed by atoms with Gasteiger partial charge in [-0.15, -0.1) is 0 Å². The van der Waals surface area contributed by atoms with Crippen LogP contribution in [0.25, 0.3) is 0 Å². The van der Waals surface area contributed by atoms with Gasteiger partial charge < -0.3 is 14.8 Å². The summed E-state index contributed by atoms with van der Waals surface area (Å²) in [5.74, 6) is 2.34. The molecule has 6 nitrogen and oxygen atoms in total. The minimum atomic E-state index is 0.240. The van der Waals surface area contributed by atoms with Gasteiger partial charge >= 0.3 is 0 Å². The van der Waals surface area contributed by atoms with Gasteiger partial charge in [0.15, 0.2) is 0 Å². The number of hydrogen-bond donors (Lipinski definition) is 1. The number of carbonyl (C=O) groups is 1. The Balaban J connectivity index is 1.54. The summed E-state index contributed by atoms with van der Waals surface area (Å²) in [6, 6.07) is 9.57. The van der Waals surface area contributed by atoms with Crippen molar-refractivity contribution in [3.05, 3.63) is 48.0 Å². The summed E-state index contributed by atoms with van der Waals surface area (Å²) in [5, 5.41) is 3.69. The third-order valence-corrected chi connectivity index (χ3v) is 7.52. The number of rotatable bonds is 7. The highest BCUT2D eigenvalue weighted by Crippen LogP contribution is 2.30. The summed E-state index contributed by atoms with van der Waals surface area (Å²) < 4.78 is 2.14. The van der Waals surface area contributed by atoms with Gasteiger partial charge in [-0.2, -0.15) is 0 Å². The summed E-state index contributed by atoms with van der Waals surface area (Å²) in [6.07, 6.45) is 9.16. The predicted molar refractivity (Wildman–Crippen MR) is 139 cm³/mol. The van der Waals surface area contributed by atoms with Crippen molar-refractivity contribution in [2.24, 2.45) is 5.92 Å². The first kappa shape index (κ1) is 24.8. The fourth-order valence-electron chi connectivity index (χ4n) is 5.60. The SMILES string of the molecule is CC(C)CCN1[C@H]2CCNc3ccccc3CN(C(=O)CCn3ccnc3C(C)C)C[C@@H]1CC2. The lowest BCUT2D eigenvalue weighted by atomic mass is 10.1. The smallest absolute Gasteiger partial charge is 0.224 e. The van der Waals surface area contributed by atoms with Crippen molar-refractivity contribution in [3.8, 4) is 0 Å². The predicted octanol–water partition coefficient (Wildman–Crippen LogP) is 5.12. The van der Waals surface area contributed by atoms with Gasteiger partial charge in [-0.25, -0.2) is 4.98 Å². The van der Waals surface area contributed by atoms with Crippen LogP contribution in [0.5, 0.6) is 0 Å². The lowest BCUT2D eigenvalue weighted by Crippen LogP contribution is -2.45. The molecule has 34 heavy (non-hydrogen) atoms. The van der Waals surface area contributed by atoms with E-state index in [2.05, 4.69) is 76.6 Å². The first-order valence-electron chi connectivity index (χ1n) is 13.3. The normalized spacial score (nSPS) is 21.4. The quantitative estimate of drug-likeness (QED) is 0.617. The molecule has 2 aromatic rings. The molecule has 186 valence electrons. The molecule has 2 bridgehead atoms. The second-order valence-corrected chi connectivity index (χ2v) is 10.8. The lowest BCUT2D eigenvalue weighted by molar-refractivity contribution is -0.132. The summed E-state index contributed by atoms with van der Waals surface area (Å²) in [5.41, 5.74) is 2.39. The maximum atomic E-state index is 13.6. The molecule has 1 aromatic carbocycles. The van der Waals surface area contributed by atoms with Crippen LogP contribution in [0.1, 0.15) is 77.1 Å². The summed E-state index contributed by atoms with van der Waals surface area (Å²) in [7, 11) is 0. The third-order valence-electron chi connectivity index (χ3n) is 7.52. The van der Waals surface area contributed by atoms with Crippen LogP contribution in [0, 0.1) is 5.92 Å². The van der Waals surface area contributed by atoms with E-state index in [4.69, 9.17) is 0 Å². The lowest BCUT2D eigenvalue weighted by Gasteiger charge is -2.34. The maximum absolute atomic E-state index is 13.6. The van der Waals surface area contributed by atoms with Crippen LogP contribution in [0.3, 0.4) is 0 Å². The van der Waals surface area contributed by atoms with E-state index in [9.17, 15) is 4.79 Å². The standard InChI is InChI=1S/C28H43N5O/c1-21(2)12-17-33-24-9-10-25(33)20-32(19-23-7-5-6-8-26(23)29-14-11-24)27(34)13-16-31-18-15-30-28(31)22(3)4/h5-8,15,18,21-22,24-25,29H,9-14,16-17,19-20H2,1-4H3/t24-,25+/m1/s1. The highest BCUT2D eigenvalue weighted by atomic mass is 16.2. The first-order chi connectivity index (χ1) is 16.4. The van der Waals surface area contributed by atoms with E-state index in [1.807, 2.05) is 12.4 Å². The van der Waals surface area contributed by atoms with Gasteiger partial charge in [0.1, 0.15) is 5.82 Å². The summed E-state index contributed by atoms with van der Waals surface area (Å²) >= 11 is 0. The number of anilines is 1. The van der Waals surface area contributed by atoms with Gasteiger partial charge in [0.05, 0.1) is 0 Å². The zero-order valence-corrected chi connectivity index (χ0v) is 21.5. The van der Waals surface area contributed by atoms with Crippen LogP contribution < -0.4 is 5.32 Å².